The zero-order valence-electron chi connectivity index (χ0n) is 22.3. The van der Waals surface area contributed by atoms with Gasteiger partial charge in [-0.15, -0.1) is 0 Å². The summed E-state index contributed by atoms with van der Waals surface area (Å²) in [6.07, 6.45) is 4.91. The van der Waals surface area contributed by atoms with E-state index in [4.69, 9.17) is 16.3 Å². The zero-order valence-corrected chi connectivity index (χ0v) is 23.1. The Balaban J connectivity index is 1.35. The number of amides is 2. The Morgan fingerprint density at radius 1 is 1.12 bits per heavy atom. The summed E-state index contributed by atoms with van der Waals surface area (Å²) in [5.41, 5.74) is 2.09. The van der Waals surface area contributed by atoms with Crippen molar-refractivity contribution in [1.29, 1.82) is 0 Å². The summed E-state index contributed by atoms with van der Waals surface area (Å²) >= 11 is 5.69. The van der Waals surface area contributed by atoms with E-state index in [1.165, 1.54) is 6.07 Å². The van der Waals surface area contributed by atoms with Crippen molar-refractivity contribution >= 4 is 29.2 Å². The number of alkyl halides is 3. The number of rotatable bonds is 9. The molecule has 0 saturated heterocycles. The summed E-state index contributed by atoms with van der Waals surface area (Å²) < 4.78 is 45.5. The lowest BCUT2D eigenvalue weighted by molar-refractivity contribution is -0.137. The van der Waals surface area contributed by atoms with Crippen LogP contribution < -0.4 is 15.4 Å². The number of nitrogens with zero attached hydrogens (tertiary/aromatic N) is 1. The van der Waals surface area contributed by atoms with Gasteiger partial charge in [0.2, 0.25) is 11.8 Å². The number of nitrogens with one attached hydrogen (secondary N) is 2. The van der Waals surface area contributed by atoms with Crippen LogP contribution in [0.15, 0.2) is 71.3 Å². The van der Waals surface area contributed by atoms with Crippen LogP contribution >= 0.6 is 11.6 Å². The molecule has 1 heterocycles. The van der Waals surface area contributed by atoms with E-state index in [-0.39, 0.29) is 29.2 Å². The van der Waals surface area contributed by atoms with Crippen LogP contribution in [0.3, 0.4) is 0 Å². The maximum absolute atomic E-state index is 13.1. The van der Waals surface area contributed by atoms with Crippen LogP contribution in [0.5, 0.6) is 5.75 Å². The first-order chi connectivity index (χ1) is 19.0. The largest absolute Gasteiger partial charge is 0.457 e. The predicted octanol–water partition coefficient (Wildman–Crippen LogP) is 7.52. The Labute approximate surface area is 236 Å². The first kappa shape index (κ1) is 29.4. The number of pyridine rings is 1. The topological polar surface area (TPSA) is 80.3 Å². The summed E-state index contributed by atoms with van der Waals surface area (Å²) in [5.74, 6) is 1.41. The van der Waals surface area contributed by atoms with E-state index in [9.17, 15) is 22.8 Å². The van der Waals surface area contributed by atoms with Gasteiger partial charge < -0.3 is 15.4 Å². The molecule has 0 bridgehead atoms. The van der Waals surface area contributed by atoms with Crippen molar-refractivity contribution in [3.8, 4) is 5.75 Å². The van der Waals surface area contributed by atoms with Crippen molar-refractivity contribution in [1.82, 2.24) is 10.3 Å². The van der Waals surface area contributed by atoms with E-state index in [0.29, 0.717) is 54.3 Å². The van der Waals surface area contributed by atoms with Gasteiger partial charge in [0.1, 0.15) is 17.3 Å². The number of hydrogen-bond acceptors (Lipinski definition) is 4. The lowest BCUT2D eigenvalue weighted by Crippen LogP contribution is -2.23. The fraction of sp³-hybridized carbons (Fsp3) is 0.367. The number of ether oxygens (including phenoxy) is 1. The minimum Gasteiger partial charge on any atom is -0.457 e. The van der Waals surface area contributed by atoms with Crippen LogP contribution in [0.2, 0.25) is 5.02 Å². The van der Waals surface area contributed by atoms with E-state index in [1.807, 2.05) is 26.0 Å². The number of carbonyl (C=O) groups is 2. The predicted molar refractivity (Wildman–Crippen MR) is 148 cm³/mol. The number of aryl methyl sites for hydroxylation is 1. The van der Waals surface area contributed by atoms with Gasteiger partial charge in [0.25, 0.3) is 0 Å². The second-order valence-electron chi connectivity index (χ2n) is 10.1. The maximum atomic E-state index is 13.1. The average molecular weight is 574 g/mol. The van der Waals surface area contributed by atoms with E-state index in [2.05, 4.69) is 15.6 Å². The number of carbonyl (C=O) groups excluding carboxylic acids is 2. The molecule has 2 N–H and O–H groups in total. The molecule has 1 aromatic carbocycles. The normalized spacial score (nSPS) is 15.9. The molecule has 212 valence electrons. The number of hydrogen-bond donors (Lipinski definition) is 2. The number of halogens is 4. The molecule has 4 rings (SSSR count). The zero-order chi connectivity index (χ0) is 28.9. The summed E-state index contributed by atoms with van der Waals surface area (Å²) in [6.45, 7) is 3.85. The van der Waals surface area contributed by atoms with Gasteiger partial charge in [-0.1, -0.05) is 23.7 Å². The highest BCUT2D eigenvalue weighted by Crippen LogP contribution is 2.35. The third-order valence-corrected chi connectivity index (χ3v) is 7.03. The van der Waals surface area contributed by atoms with Crippen LogP contribution in [0.25, 0.3) is 0 Å². The Morgan fingerprint density at radius 3 is 2.62 bits per heavy atom. The number of allylic oxidation sites excluding steroid dienone is 4. The first-order valence-electron chi connectivity index (χ1n) is 13.2. The maximum Gasteiger partial charge on any atom is 0.417 e. The van der Waals surface area contributed by atoms with Gasteiger partial charge in [0, 0.05) is 30.3 Å². The summed E-state index contributed by atoms with van der Waals surface area (Å²) in [4.78, 5) is 29.0. The Bertz CT molecular complexity index is 1380. The molecule has 0 atom stereocenters. The second kappa shape index (κ2) is 12.7. The molecule has 1 saturated carbocycles. The highest BCUT2D eigenvalue weighted by atomic mass is 35.5. The second-order valence-corrected chi connectivity index (χ2v) is 10.5. The monoisotopic (exact) mass is 573 g/mol. The van der Waals surface area contributed by atoms with E-state index in [1.54, 1.807) is 24.4 Å². The average Bonchev–Trinajstić information content (AvgIpc) is 3.73. The molecular weight excluding hydrogens is 543 g/mol. The van der Waals surface area contributed by atoms with Crippen molar-refractivity contribution in [2.45, 2.75) is 65.0 Å². The van der Waals surface area contributed by atoms with Gasteiger partial charge in [0.15, 0.2) is 0 Å². The quantitative estimate of drug-likeness (QED) is 0.325. The van der Waals surface area contributed by atoms with Crippen LogP contribution in [0, 0.1) is 5.92 Å². The SMILES string of the molecule is CC1=CC(Oc2ccnc(NC(=O)C3CC3)c2)=C(C)CCC=C1NC(=O)CCCc1ccc(Cl)c(C(F)(F)F)c1. The molecule has 2 aromatic rings. The Morgan fingerprint density at radius 2 is 1.90 bits per heavy atom. The van der Waals surface area contributed by atoms with Gasteiger partial charge in [-0.2, -0.15) is 13.2 Å². The molecule has 0 spiro atoms. The fourth-order valence-corrected chi connectivity index (χ4v) is 4.46. The molecule has 10 heteroatoms. The van der Waals surface area contributed by atoms with Crippen LogP contribution in [-0.4, -0.2) is 16.8 Å². The molecular formula is C30H31ClF3N3O3. The highest BCUT2D eigenvalue weighted by Gasteiger charge is 2.33. The van der Waals surface area contributed by atoms with E-state index in [0.717, 1.165) is 30.1 Å². The van der Waals surface area contributed by atoms with Crippen molar-refractivity contribution < 1.29 is 27.5 Å². The number of aromatic nitrogens is 1. The van der Waals surface area contributed by atoms with Gasteiger partial charge in [0.05, 0.1) is 10.6 Å². The number of anilines is 1. The lowest BCUT2D eigenvalue weighted by atomic mass is 10.0. The van der Waals surface area contributed by atoms with Crippen LogP contribution in [0.1, 0.15) is 63.5 Å². The summed E-state index contributed by atoms with van der Waals surface area (Å²) in [5, 5.41) is 5.41. The molecule has 2 amide bonds. The third kappa shape index (κ3) is 8.21. The van der Waals surface area contributed by atoms with Gasteiger partial charge in [-0.25, -0.2) is 4.98 Å². The van der Waals surface area contributed by atoms with Crippen molar-refractivity contribution in [3.63, 3.8) is 0 Å². The van der Waals surface area contributed by atoms with Crippen LogP contribution in [0.4, 0.5) is 19.0 Å². The van der Waals surface area contributed by atoms with E-state index >= 15 is 0 Å². The molecule has 0 radical (unpaired) electrons. The Kier molecular flexibility index (Phi) is 9.35. The van der Waals surface area contributed by atoms with Gasteiger partial charge in [-0.3, -0.25) is 9.59 Å². The summed E-state index contributed by atoms with van der Waals surface area (Å²) in [7, 11) is 0. The lowest BCUT2D eigenvalue weighted by Gasteiger charge is -2.17. The first-order valence-corrected chi connectivity index (χ1v) is 13.6. The van der Waals surface area contributed by atoms with Gasteiger partial charge in [-0.05, 0) is 93.4 Å². The molecule has 0 unspecified atom stereocenters. The van der Waals surface area contributed by atoms with Crippen molar-refractivity contribution in [2.75, 3.05) is 5.32 Å². The fourth-order valence-electron chi connectivity index (χ4n) is 4.24. The Hall–Kier alpha value is -3.59. The van der Waals surface area contributed by atoms with Crippen molar-refractivity contribution in [3.05, 3.63) is 87.4 Å². The molecule has 6 nitrogen and oxygen atoms in total. The molecule has 1 aromatic heterocycles. The number of benzene rings is 1. The highest BCUT2D eigenvalue weighted by molar-refractivity contribution is 6.31. The summed E-state index contributed by atoms with van der Waals surface area (Å²) in [6, 6.07) is 7.21. The van der Waals surface area contributed by atoms with E-state index < -0.39 is 11.7 Å². The smallest absolute Gasteiger partial charge is 0.417 e. The van der Waals surface area contributed by atoms with Crippen molar-refractivity contribution in [2.24, 2.45) is 5.92 Å². The molecule has 1 fully saturated rings. The minimum atomic E-state index is -4.53. The standard InChI is InChI=1S/C30H31ClF3N3O3/c1-18-5-3-7-25(36-28(38)8-4-6-20-9-12-24(31)23(16-20)30(32,33)34)19(2)15-26(18)40-22-13-14-35-27(17-22)37-29(39)21-10-11-21/h7,9,12-17,21H,3-6,8,10-11H2,1-2H3,(H,36,38)(H,35,37,39). The molecule has 0 aliphatic heterocycles. The molecule has 40 heavy (non-hydrogen) atoms. The third-order valence-electron chi connectivity index (χ3n) is 6.70. The molecule has 2 aliphatic carbocycles. The van der Waals surface area contributed by atoms with Gasteiger partial charge >= 0.3 is 6.18 Å². The van der Waals surface area contributed by atoms with Crippen LogP contribution in [-0.2, 0) is 22.2 Å². The minimum absolute atomic E-state index is 0.0357. The molecule has 2 aliphatic rings.